The highest BCUT2D eigenvalue weighted by Gasteiger charge is 2.25. The number of rotatable bonds is 7. The summed E-state index contributed by atoms with van der Waals surface area (Å²) in [6.07, 6.45) is 5.26. The van der Waals surface area contributed by atoms with Gasteiger partial charge >= 0.3 is 6.09 Å². The Kier molecular flexibility index (Phi) is 12.6. The molecule has 0 atom stereocenters. The summed E-state index contributed by atoms with van der Waals surface area (Å²) in [5.74, 6) is 0.482. The summed E-state index contributed by atoms with van der Waals surface area (Å²) < 4.78 is 5.30. The van der Waals surface area contributed by atoms with Crippen LogP contribution in [0.2, 0.25) is 0 Å². The minimum Gasteiger partial charge on any atom is -0.444 e. The van der Waals surface area contributed by atoms with E-state index in [2.05, 4.69) is 26.3 Å². The highest BCUT2D eigenvalue weighted by Crippen LogP contribution is 2.17. The van der Waals surface area contributed by atoms with Crippen LogP contribution in [0.25, 0.3) is 0 Å². The molecule has 0 aromatic carbocycles. The van der Waals surface area contributed by atoms with E-state index in [-0.39, 0.29) is 42.5 Å². The normalized spacial score (nSPS) is 15.7. The number of carbonyl (C=O) groups excluding carboxylic acids is 2. The highest BCUT2D eigenvalue weighted by atomic mass is 127. The fraction of sp³-hybridized carbons (Fsp3) is 0.850. The van der Waals surface area contributed by atoms with Gasteiger partial charge in [-0.25, -0.2) is 9.79 Å². The summed E-state index contributed by atoms with van der Waals surface area (Å²) in [5.41, 5.74) is -1.10. The summed E-state index contributed by atoms with van der Waals surface area (Å²) in [7, 11) is 0. The number of carbonyl (C=O) groups is 2. The lowest BCUT2D eigenvalue weighted by Crippen LogP contribution is -2.54. The average Bonchev–Trinajstić information content (AvgIpc) is 2.56. The van der Waals surface area contributed by atoms with E-state index in [1.165, 1.54) is 19.3 Å². The van der Waals surface area contributed by atoms with Gasteiger partial charge in [0.15, 0.2) is 5.96 Å². The zero-order valence-corrected chi connectivity index (χ0v) is 21.1. The minimum absolute atomic E-state index is 0. The maximum atomic E-state index is 12.2. The number of guanidine groups is 1. The largest absolute Gasteiger partial charge is 0.444 e. The molecule has 0 unspecified atom stereocenters. The van der Waals surface area contributed by atoms with Crippen molar-refractivity contribution >= 4 is 41.9 Å². The second-order valence-corrected chi connectivity index (χ2v) is 8.96. The molecule has 0 bridgehead atoms. The van der Waals surface area contributed by atoms with Gasteiger partial charge in [0.05, 0.1) is 5.54 Å². The summed E-state index contributed by atoms with van der Waals surface area (Å²) in [5, 5.41) is 12.2. The first-order chi connectivity index (χ1) is 13.0. The van der Waals surface area contributed by atoms with Crippen LogP contribution in [0.15, 0.2) is 4.99 Å². The first-order valence-electron chi connectivity index (χ1n) is 10.3. The number of nitrogens with one attached hydrogen (secondary N) is 4. The fourth-order valence-electron chi connectivity index (χ4n) is 2.94. The van der Waals surface area contributed by atoms with Gasteiger partial charge in [-0.15, -0.1) is 24.0 Å². The molecule has 1 rings (SSSR count). The van der Waals surface area contributed by atoms with E-state index in [1.54, 1.807) is 0 Å². The summed E-state index contributed by atoms with van der Waals surface area (Å²) in [6.45, 7) is 12.4. The molecule has 2 amide bonds. The number of alkyl carbamates (subject to hydrolysis) is 1. The van der Waals surface area contributed by atoms with Crippen LogP contribution in [0.5, 0.6) is 0 Å². The Morgan fingerprint density at radius 1 is 1.03 bits per heavy atom. The van der Waals surface area contributed by atoms with E-state index >= 15 is 0 Å². The van der Waals surface area contributed by atoms with Gasteiger partial charge in [0, 0.05) is 19.1 Å². The Morgan fingerprint density at radius 3 is 2.21 bits per heavy atom. The number of halogens is 1. The maximum absolute atomic E-state index is 12.2. The molecule has 1 aliphatic carbocycles. The van der Waals surface area contributed by atoms with E-state index in [4.69, 9.17) is 4.74 Å². The third-order valence-corrected chi connectivity index (χ3v) is 4.23. The molecule has 9 heteroatoms. The molecule has 0 radical (unpaired) electrons. The van der Waals surface area contributed by atoms with Crippen molar-refractivity contribution in [2.45, 2.75) is 90.8 Å². The highest BCUT2D eigenvalue weighted by molar-refractivity contribution is 14.0. The van der Waals surface area contributed by atoms with Crippen LogP contribution >= 0.6 is 24.0 Å². The molecule has 1 saturated carbocycles. The van der Waals surface area contributed by atoms with Gasteiger partial charge in [-0.05, 0) is 54.4 Å². The fourth-order valence-corrected chi connectivity index (χ4v) is 2.94. The van der Waals surface area contributed by atoms with Crippen LogP contribution in [-0.2, 0) is 9.53 Å². The van der Waals surface area contributed by atoms with Crippen molar-refractivity contribution in [3.8, 4) is 0 Å². The molecule has 0 spiro atoms. The van der Waals surface area contributed by atoms with Crippen LogP contribution < -0.4 is 21.3 Å². The average molecular weight is 525 g/mol. The lowest BCUT2D eigenvalue weighted by Gasteiger charge is -2.29. The Labute approximate surface area is 192 Å². The predicted octanol–water partition coefficient (Wildman–Crippen LogP) is 2.91. The second kappa shape index (κ2) is 13.1. The third-order valence-electron chi connectivity index (χ3n) is 4.23. The predicted molar refractivity (Wildman–Crippen MR) is 128 cm³/mol. The van der Waals surface area contributed by atoms with Gasteiger partial charge < -0.3 is 26.0 Å². The number of hydrogen-bond donors (Lipinski definition) is 4. The molecule has 0 aromatic rings. The number of ether oxygens (including phenoxy) is 1. The first-order valence-corrected chi connectivity index (χ1v) is 10.3. The van der Waals surface area contributed by atoms with E-state index in [1.807, 2.05) is 41.5 Å². The number of amides is 2. The van der Waals surface area contributed by atoms with Gasteiger partial charge in [0.25, 0.3) is 0 Å². The molecule has 4 N–H and O–H groups in total. The molecule has 0 saturated heterocycles. The van der Waals surface area contributed by atoms with Crippen molar-refractivity contribution < 1.29 is 14.3 Å². The molecule has 1 aliphatic rings. The van der Waals surface area contributed by atoms with Crippen LogP contribution in [0.1, 0.15) is 73.6 Å². The lowest BCUT2D eigenvalue weighted by molar-refractivity contribution is -0.120. The summed E-state index contributed by atoms with van der Waals surface area (Å²) >= 11 is 0. The smallest absolute Gasteiger partial charge is 0.408 e. The summed E-state index contributed by atoms with van der Waals surface area (Å²) in [4.78, 5) is 28.5. The van der Waals surface area contributed by atoms with E-state index in [9.17, 15) is 9.59 Å². The molecular formula is C20H40IN5O3. The number of aliphatic imine (C=N–C) groups is 1. The summed E-state index contributed by atoms with van der Waals surface area (Å²) in [6, 6.07) is 0.281. The van der Waals surface area contributed by atoms with Gasteiger partial charge in [0.1, 0.15) is 12.1 Å². The van der Waals surface area contributed by atoms with Crippen molar-refractivity contribution in [3.05, 3.63) is 0 Å². The monoisotopic (exact) mass is 525 g/mol. The molecular weight excluding hydrogens is 485 g/mol. The zero-order valence-electron chi connectivity index (χ0n) is 18.8. The molecule has 29 heavy (non-hydrogen) atoms. The molecule has 0 heterocycles. The van der Waals surface area contributed by atoms with Crippen molar-refractivity contribution in [2.24, 2.45) is 4.99 Å². The minimum atomic E-state index is -0.553. The van der Waals surface area contributed by atoms with Crippen LogP contribution in [0, 0.1) is 0 Å². The SMILES string of the molecule is CCNC(=NCC(=O)NC1CCCCC1)NCC(C)(C)NC(=O)OC(C)(C)C.I. The van der Waals surface area contributed by atoms with Crippen molar-refractivity contribution in [2.75, 3.05) is 19.6 Å². The van der Waals surface area contributed by atoms with Gasteiger partial charge in [0.2, 0.25) is 5.91 Å². The van der Waals surface area contributed by atoms with Gasteiger partial charge in [-0.1, -0.05) is 19.3 Å². The Morgan fingerprint density at radius 2 is 1.66 bits per heavy atom. The molecule has 8 nitrogen and oxygen atoms in total. The van der Waals surface area contributed by atoms with E-state index < -0.39 is 17.2 Å². The second-order valence-electron chi connectivity index (χ2n) is 8.96. The van der Waals surface area contributed by atoms with Crippen LogP contribution in [0.3, 0.4) is 0 Å². The molecule has 0 aliphatic heterocycles. The quantitative estimate of drug-likeness (QED) is 0.233. The van der Waals surface area contributed by atoms with Crippen molar-refractivity contribution in [1.82, 2.24) is 21.3 Å². The molecule has 1 fully saturated rings. The molecule has 0 aromatic heterocycles. The van der Waals surface area contributed by atoms with Crippen LogP contribution in [0.4, 0.5) is 4.79 Å². The zero-order chi connectivity index (χ0) is 21.2. The molecule has 170 valence electrons. The van der Waals surface area contributed by atoms with E-state index in [0.717, 1.165) is 12.8 Å². The Bertz CT molecular complexity index is 541. The topological polar surface area (TPSA) is 104 Å². The Hall–Kier alpha value is -1.26. The van der Waals surface area contributed by atoms with Crippen molar-refractivity contribution in [3.63, 3.8) is 0 Å². The van der Waals surface area contributed by atoms with Crippen molar-refractivity contribution in [1.29, 1.82) is 0 Å². The number of nitrogens with zero attached hydrogens (tertiary/aromatic N) is 1. The number of hydrogen-bond acceptors (Lipinski definition) is 4. The van der Waals surface area contributed by atoms with Gasteiger partial charge in [-0.2, -0.15) is 0 Å². The Balaban J connectivity index is 0.00000784. The third kappa shape index (κ3) is 13.6. The maximum Gasteiger partial charge on any atom is 0.408 e. The van der Waals surface area contributed by atoms with Crippen LogP contribution in [-0.4, -0.2) is 54.8 Å². The van der Waals surface area contributed by atoms with E-state index in [0.29, 0.717) is 19.0 Å². The van der Waals surface area contributed by atoms with Gasteiger partial charge in [-0.3, -0.25) is 4.79 Å². The standard InChI is InChI=1S/C20H39N5O3.HI/c1-7-21-17(22-13-16(26)24-15-11-9-8-10-12-15)23-14-20(5,6)25-18(27)28-19(2,3)4;/h15H,7-14H2,1-6H3,(H,24,26)(H,25,27)(H2,21,22,23);1H. The first kappa shape index (κ1) is 27.7. The lowest BCUT2D eigenvalue weighted by atomic mass is 9.95.